The Balaban J connectivity index is 1.52. The predicted octanol–water partition coefficient (Wildman–Crippen LogP) is 3.91. The average Bonchev–Trinajstić information content (AvgIpc) is 3.37. The van der Waals surface area contributed by atoms with Crippen molar-refractivity contribution in [3.8, 4) is 6.07 Å². The predicted molar refractivity (Wildman–Crippen MR) is 142 cm³/mol. The molecule has 0 fully saturated rings. The van der Waals surface area contributed by atoms with Gasteiger partial charge in [-0.05, 0) is 54.7 Å². The van der Waals surface area contributed by atoms with Crippen LogP contribution in [0.15, 0.2) is 60.3 Å². The van der Waals surface area contributed by atoms with Gasteiger partial charge in [0.15, 0.2) is 0 Å². The van der Waals surface area contributed by atoms with E-state index in [-0.39, 0.29) is 30.8 Å². The van der Waals surface area contributed by atoms with Crippen LogP contribution >= 0.6 is 0 Å². The topological polar surface area (TPSA) is 115 Å². The molecule has 2 aromatic rings. The Morgan fingerprint density at radius 3 is 2.65 bits per heavy atom. The fraction of sp³-hybridized carbons (Fsp3) is 0.345. The van der Waals surface area contributed by atoms with Crippen molar-refractivity contribution < 1.29 is 14.4 Å². The summed E-state index contributed by atoms with van der Waals surface area (Å²) in [5.74, 6) is -0.00493. The molecule has 0 radical (unpaired) electrons. The second kappa shape index (κ2) is 9.66. The van der Waals surface area contributed by atoms with Gasteiger partial charge in [0, 0.05) is 35.0 Å². The molecule has 1 aliphatic heterocycles. The number of anilines is 2. The Morgan fingerprint density at radius 2 is 1.97 bits per heavy atom. The number of nitrogens with zero attached hydrogens (tertiary/aromatic N) is 3. The Kier molecular flexibility index (Phi) is 6.74. The molecule has 3 amide bonds. The van der Waals surface area contributed by atoms with E-state index in [1.807, 2.05) is 30.3 Å². The zero-order chi connectivity index (χ0) is 27.0. The van der Waals surface area contributed by atoms with Crippen molar-refractivity contribution in [2.75, 3.05) is 23.7 Å². The van der Waals surface area contributed by atoms with Gasteiger partial charge in [0.2, 0.25) is 17.7 Å². The van der Waals surface area contributed by atoms with E-state index in [0.717, 1.165) is 16.7 Å². The molecule has 2 heterocycles. The lowest BCUT2D eigenvalue weighted by atomic mass is 9.79. The smallest absolute Gasteiger partial charge is 0.244 e. The monoisotopic (exact) mass is 497 g/mol. The Hall–Kier alpha value is -4.25. The van der Waals surface area contributed by atoms with E-state index in [9.17, 15) is 19.6 Å². The minimum Gasteiger partial charge on any atom is -0.329 e. The van der Waals surface area contributed by atoms with Crippen LogP contribution in [0.25, 0.3) is 0 Å². The number of carbonyl (C=O) groups is 3. The molecule has 1 aliphatic carbocycles. The lowest BCUT2D eigenvalue weighted by molar-refractivity contribution is -0.141. The molecule has 190 valence electrons. The first-order valence-electron chi connectivity index (χ1n) is 12.2. The van der Waals surface area contributed by atoms with E-state index in [1.165, 1.54) is 4.90 Å². The van der Waals surface area contributed by atoms with Crippen LogP contribution in [-0.2, 0) is 32.6 Å². The Labute approximate surface area is 217 Å². The molecule has 8 nitrogen and oxygen atoms in total. The number of fused-ring (bicyclic) bond motifs is 3. The summed E-state index contributed by atoms with van der Waals surface area (Å²) >= 11 is 0. The van der Waals surface area contributed by atoms with Gasteiger partial charge in [-0.25, -0.2) is 4.98 Å². The first-order chi connectivity index (χ1) is 17.5. The summed E-state index contributed by atoms with van der Waals surface area (Å²) < 4.78 is 0. The van der Waals surface area contributed by atoms with Crippen LogP contribution in [0.2, 0.25) is 0 Å². The normalized spacial score (nSPS) is 18.3. The molecule has 0 bridgehead atoms. The highest BCUT2D eigenvalue weighted by Crippen LogP contribution is 2.46. The molecule has 1 aromatic carbocycles. The molecule has 37 heavy (non-hydrogen) atoms. The molecule has 2 N–H and O–H groups in total. The van der Waals surface area contributed by atoms with Crippen molar-refractivity contribution in [2.45, 2.75) is 46.0 Å². The summed E-state index contributed by atoms with van der Waals surface area (Å²) in [5, 5.41) is 15.1. The lowest BCUT2D eigenvalue weighted by Crippen LogP contribution is -2.44. The standard InChI is InChI=1S/C29H31N5O3/c1-6-19(18(2)15-30)16-34(27(37)28(3,4)5)17-24(35)32-22-10-9-20-13-29(14-21(20)12-22)23-8-7-11-31-25(23)33-26(29)36/h6-12H,1,13-14,16-17H2,2-5H3,(H,32,35)(H,31,33,36)/b19-18-/t29-/m1/s1. The second-order valence-electron chi connectivity index (χ2n) is 10.7. The van der Waals surface area contributed by atoms with Crippen molar-refractivity contribution in [2.24, 2.45) is 5.41 Å². The SMILES string of the molecule is C=C/C(CN(CC(=O)Nc1ccc2c(c1)C[C@@]1(C2)C(=O)Nc2ncccc21)C(=O)C(C)(C)C)=C(\C)C#N. The van der Waals surface area contributed by atoms with Crippen LogP contribution in [-0.4, -0.2) is 40.7 Å². The van der Waals surface area contributed by atoms with Crippen LogP contribution in [0.1, 0.15) is 44.4 Å². The molecule has 1 spiro atoms. The highest BCUT2D eigenvalue weighted by molar-refractivity contribution is 6.06. The number of allylic oxidation sites excluding steroid dienone is 1. The highest BCUT2D eigenvalue weighted by atomic mass is 16.2. The summed E-state index contributed by atoms with van der Waals surface area (Å²) in [4.78, 5) is 44.8. The summed E-state index contributed by atoms with van der Waals surface area (Å²) in [6.45, 7) is 10.7. The highest BCUT2D eigenvalue weighted by Gasteiger charge is 2.51. The van der Waals surface area contributed by atoms with E-state index in [0.29, 0.717) is 35.5 Å². The average molecular weight is 498 g/mol. The second-order valence-corrected chi connectivity index (χ2v) is 10.7. The van der Waals surface area contributed by atoms with Gasteiger partial charge in [-0.15, -0.1) is 0 Å². The van der Waals surface area contributed by atoms with E-state index in [2.05, 4.69) is 28.3 Å². The van der Waals surface area contributed by atoms with E-state index in [1.54, 1.807) is 40.0 Å². The minimum atomic E-state index is -0.706. The summed E-state index contributed by atoms with van der Waals surface area (Å²) in [5.41, 5.74) is 3.20. The fourth-order valence-electron chi connectivity index (χ4n) is 5.01. The summed E-state index contributed by atoms with van der Waals surface area (Å²) in [7, 11) is 0. The number of carbonyl (C=O) groups excluding carboxylic acids is 3. The van der Waals surface area contributed by atoms with E-state index >= 15 is 0 Å². The van der Waals surface area contributed by atoms with Crippen molar-refractivity contribution >= 4 is 29.2 Å². The molecule has 2 aliphatic rings. The number of hydrogen-bond donors (Lipinski definition) is 2. The summed E-state index contributed by atoms with van der Waals surface area (Å²) in [6.07, 6.45) is 4.30. The number of benzene rings is 1. The maximum Gasteiger partial charge on any atom is 0.244 e. The van der Waals surface area contributed by atoms with E-state index < -0.39 is 10.8 Å². The first kappa shape index (κ1) is 25.8. The van der Waals surface area contributed by atoms with Gasteiger partial charge >= 0.3 is 0 Å². The maximum absolute atomic E-state index is 13.1. The van der Waals surface area contributed by atoms with Gasteiger partial charge in [-0.3, -0.25) is 14.4 Å². The molecule has 4 rings (SSSR count). The van der Waals surface area contributed by atoms with E-state index in [4.69, 9.17) is 0 Å². The van der Waals surface area contributed by atoms with Crippen LogP contribution in [0.5, 0.6) is 0 Å². The maximum atomic E-state index is 13.1. The Morgan fingerprint density at radius 1 is 1.24 bits per heavy atom. The number of amides is 3. The van der Waals surface area contributed by atoms with Crippen molar-refractivity contribution in [3.05, 3.63) is 77.0 Å². The van der Waals surface area contributed by atoms with Crippen molar-refractivity contribution in [1.82, 2.24) is 9.88 Å². The third kappa shape index (κ3) is 4.90. The first-order valence-corrected chi connectivity index (χ1v) is 12.2. The largest absolute Gasteiger partial charge is 0.329 e. The molecule has 1 atom stereocenters. The molecular formula is C29H31N5O3. The van der Waals surface area contributed by atoms with Crippen LogP contribution in [0.3, 0.4) is 0 Å². The van der Waals surface area contributed by atoms with Gasteiger partial charge in [-0.2, -0.15) is 5.26 Å². The van der Waals surface area contributed by atoms with Gasteiger partial charge in [0.1, 0.15) is 12.4 Å². The minimum absolute atomic E-state index is 0.0574. The number of nitrogens with one attached hydrogen (secondary N) is 2. The third-order valence-electron chi connectivity index (χ3n) is 6.98. The number of pyridine rings is 1. The van der Waals surface area contributed by atoms with Crippen LogP contribution in [0, 0.1) is 16.7 Å². The van der Waals surface area contributed by atoms with Gasteiger partial charge < -0.3 is 15.5 Å². The van der Waals surface area contributed by atoms with Crippen molar-refractivity contribution in [1.29, 1.82) is 5.26 Å². The number of aromatic nitrogens is 1. The van der Waals surface area contributed by atoms with Gasteiger partial charge in [-0.1, -0.05) is 45.6 Å². The fourth-order valence-corrected chi connectivity index (χ4v) is 5.01. The van der Waals surface area contributed by atoms with Crippen LogP contribution < -0.4 is 10.6 Å². The van der Waals surface area contributed by atoms with Crippen molar-refractivity contribution in [3.63, 3.8) is 0 Å². The molecule has 8 heteroatoms. The molecule has 0 saturated carbocycles. The van der Waals surface area contributed by atoms with Gasteiger partial charge in [0.05, 0.1) is 11.5 Å². The van der Waals surface area contributed by atoms with Gasteiger partial charge in [0.25, 0.3) is 0 Å². The van der Waals surface area contributed by atoms with Crippen LogP contribution in [0.4, 0.5) is 11.5 Å². The Bertz CT molecular complexity index is 1380. The molecule has 0 saturated heterocycles. The number of nitriles is 1. The zero-order valence-electron chi connectivity index (χ0n) is 21.6. The molecule has 0 unspecified atom stereocenters. The molecule has 1 aromatic heterocycles. The quantitative estimate of drug-likeness (QED) is 0.464. The number of rotatable bonds is 6. The number of hydrogen-bond acceptors (Lipinski definition) is 5. The zero-order valence-corrected chi connectivity index (χ0v) is 21.6. The third-order valence-corrected chi connectivity index (χ3v) is 6.98. The lowest BCUT2D eigenvalue weighted by Gasteiger charge is -2.29. The summed E-state index contributed by atoms with van der Waals surface area (Å²) in [6, 6.07) is 11.5. The molecular weight excluding hydrogens is 466 g/mol.